The number of nitrogens with zero attached hydrogens (tertiary/aromatic N) is 1. The van der Waals surface area contributed by atoms with Gasteiger partial charge in [0.25, 0.3) is 0 Å². The van der Waals surface area contributed by atoms with Gasteiger partial charge in [-0.1, -0.05) is 0 Å². The van der Waals surface area contributed by atoms with Crippen LogP contribution in [0.2, 0.25) is 0 Å². The molecule has 2 aromatic rings. The zero-order valence-electron chi connectivity index (χ0n) is 11.6. The van der Waals surface area contributed by atoms with Gasteiger partial charge in [-0.3, -0.25) is 0 Å². The van der Waals surface area contributed by atoms with Gasteiger partial charge < -0.3 is 25.6 Å². The first-order valence-corrected chi connectivity index (χ1v) is 6.03. The molecule has 4 N–H and O–H groups in total. The Hall–Kier alpha value is -2.96. The summed E-state index contributed by atoms with van der Waals surface area (Å²) in [5, 5.41) is 11.9. The zero-order chi connectivity index (χ0) is 15.4. The van der Waals surface area contributed by atoms with Crippen LogP contribution in [0.4, 0.5) is 17.2 Å². The Morgan fingerprint density at radius 2 is 2.05 bits per heavy atom. The maximum absolute atomic E-state index is 10.9. The number of ether oxygens (including phenoxy) is 2. The van der Waals surface area contributed by atoms with Crippen LogP contribution in [0.5, 0.6) is 11.5 Å². The SMILES string of the molecule is COc1ccc(OC)c(Nc2ncc(C(=O)O)cc2N)c1. The number of carboxylic acids is 1. The maximum Gasteiger partial charge on any atom is 0.337 e. The number of anilines is 3. The van der Waals surface area contributed by atoms with Crippen LogP contribution in [0.1, 0.15) is 10.4 Å². The number of methoxy groups -OCH3 is 2. The number of aromatic carboxylic acids is 1. The minimum absolute atomic E-state index is 0.0238. The van der Waals surface area contributed by atoms with E-state index in [0.29, 0.717) is 23.0 Å². The number of rotatable bonds is 5. The fourth-order valence-electron chi connectivity index (χ4n) is 1.74. The summed E-state index contributed by atoms with van der Waals surface area (Å²) in [4.78, 5) is 14.9. The molecule has 0 amide bonds. The first-order valence-electron chi connectivity index (χ1n) is 6.03. The van der Waals surface area contributed by atoms with Gasteiger partial charge in [0.2, 0.25) is 0 Å². The second kappa shape index (κ2) is 6.00. The molecule has 0 saturated heterocycles. The molecule has 110 valence electrons. The Balaban J connectivity index is 2.35. The number of carboxylic acid groups (broad SMARTS) is 1. The number of benzene rings is 1. The van der Waals surface area contributed by atoms with Crippen molar-refractivity contribution in [1.29, 1.82) is 0 Å². The summed E-state index contributed by atoms with van der Waals surface area (Å²) in [6.45, 7) is 0. The van der Waals surface area contributed by atoms with E-state index in [-0.39, 0.29) is 11.3 Å². The van der Waals surface area contributed by atoms with Crippen LogP contribution in [-0.2, 0) is 0 Å². The van der Waals surface area contributed by atoms with E-state index in [4.69, 9.17) is 20.3 Å². The summed E-state index contributed by atoms with van der Waals surface area (Å²) in [5.41, 5.74) is 6.66. The van der Waals surface area contributed by atoms with Crippen molar-refractivity contribution in [1.82, 2.24) is 4.98 Å². The van der Waals surface area contributed by atoms with Crippen LogP contribution in [0.15, 0.2) is 30.5 Å². The molecule has 2 rings (SSSR count). The molecule has 0 atom stereocenters. The molecule has 0 radical (unpaired) electrons. The van der Waals surface area contributed by atoms with Gasteiger partial charge >= 0.3 is 5.97 Å². The Morgan fingerprint density at radius 3 is 2.62 bits per heavy atom. The lowest BCUT2D eigenvalue weighted by atomic mass is 10.2. The second-order valence-corrected chi connectivity index (χ2v) is 4.16. The molecule has 0 unspecified atom stereocenters. The molecule has 1 aromatic heterocycles. The lowest BCUT2D eigenvalue weighted by Gasteiger charge is -2.13. The first kappa shape index (κ1) is 14.4. The summed E-state index contributed by atoms with van der Waals surface area (Å²) in [6.07, 6.45) is 1.23. The maximum atomic E-state index is 10.9. The third-order valence-corrected chi connectivity index (χ3v) is 2.82. The average Bonchev–Trinajstić information content (AvgIpc) is 2.49. The molecule has 1 heterocycles. The first-order chi connectivity index (χ1) is 10.0. The van der Waals surface area contributed by atoms with E-state index < -0.39 is 5.97 Å². The minimum atomic E-state index is -1.08. The van der Waals surface area contributed by atoms with Crippen molar-refractivity contribution in [2.24, 2.45) is 0 Å². The van der Waals surface area contributed by atoms with Crippen molar-refractivity contribution >= 4 is 23.2 Å². The predicted molar refractivity (Wildman–Crippen MR) is 78.4 cm³/mol. The molecule has 0 aliphatic rings. The van der Waals surface area contributed by atoms with Gasteiger partial charge in [0.1, 0.15) is 11.5 Å². The monoisotopic (exact) mass is 289 g/mol. The number of nitrogens with one attached hydrogen (secondary N) is 1. The van der Waals surface area contributed by atoms with Crippen LogP contribution >= 0.6 is 0 Å². The number of nitrogens with two attached hydrogens (primary N) is 1. The molecule has 7 nitrogen and oxygen atoms in total. The molecule has 0 spiro atoms. The fourth-order valence-corrected chi connectivity index (χ4v) is 1.74. The van der Waals surface area contributed by atoms with Crippen molar-refractivity contribution in [2.45, 2.75) is 0 Å². The molecular weight excluding hydrogens is 274 g/mol. The van der Waals surface area contributed by atoms with Gasteiger partial charge in [0.05, 0.1) is 31.2 Å². The summed E-state index contributed by atoms with van der Waals surface area (Å²) < 4.78 is 10.4. The molecule has 0 aliphatic heterocycles. The predicted octanol–water partition coefficient (Wildman–Crippen LogP) is 2.12. The molecule has 7 heteroatoms. The van der Waals surface area contributed by atoms with E-state index in [1.165, 1.54) is 19.4 Å². The van der Waals surface area contributed by atoms with Crippen molar-refractivity contribution < 1.29 is 19.4 Å². The van der Waals surface area contributed by atoms with Gasteiger partial charge in [-0.15, -0.1) is 0 Å². The van der Waals surface area contributed by atoms with E-state index in [1.54, 1.807) is 25.3 Å². The highest BCUT2D eigenvalue weighted by Crippen LogP contribution is 2.32. The van der Waals surface area contributed by atoms with E-state index in [2.05, 4.69) is 10.3 Å². The standard InChI is InChI=1S/C14H15N3O4/c1-20-9-3-4-12(21-2)11(6-9)17-13-10(15)5-8(7-16-13)14(18)19/h3-7H,15H2,1-2H3,(H,16,17)(H,18,19). The highest BCUT2D eigenvalue weighted by Gasteiger charge is 2.11. The quantitative estimate of drug-likeness (QED) is 0.773. The third kappa shape index (κ3) is 3.14. The van der Waals surface area contributed by atoms with Crippen LogP contribution in [0.25, 0.3) is 0 Å². The molecule has 0 fully saturated rings. The molecular formula is C14H15N3O4. The molecule has 1 aromatic carbocycles. The Bertz CT molecular complexity index is 673. The van der Waals surface area contributed by atoms with Gasteiger partial charge in [0, 0.05) is 12.3 Å². The number of aromatic nitrogens is 1. The summed E-state index contributed by atoms with van der Waals surface area (Å²) in [6, 6.07) is 6.56. The van der Waals surface area contributed by atoms with Gasteiger partial charge in [-0.25, -0.2) is 9.78 Å². The summed E-state index contributed by atoms with van der Waals surface area (Å²) >= 11 is 0. The summed E-state index contributed by atoms with van der Waals surface area (Å²) in [5.74, 6) is 0.476. The Kier molecular flexibility index (Phi) is 4.13. The highest BCUT2D eigenvalue weighted by molar-refractivity contribution is 5.89. The zero-order valence-corrected chi connectivity index (χ0v) is 11.6. The normalized spacial score (nSPS) is 10.0. The van der Waals surface area contributed by atoms with Crippen molar-refractivity contribution in [3.63, 3.8) is 0 Å². The second-order valence-electron chi connectivity index (χ2n) is 4.16. The lowest BCUT2D eigenvalue weighted by molar-refractivity contribution is 0.0696. The largest absolute Gasteiger partial charge is 0.497 e. The molecule has 0 bridgehead atoms. The number of pyridine rings is 1. The number of hydrogen-bond acceptors (Lipinski definition) is 6. The number of hydrogen-bond donors (Lipinski definition) is 3. The minimum Gasteiger partial charge on any atom is -0.497 e. The fraction of sp³-hybridized carbons (Fsp3) is 0.143. The average molecular weight is 289 g/mol. The van der Waals surface area contributed by atoms with Crippen molar-refractivity contribution in [2.75, 3.05) is 25.3 Å². The van der Waals surface area contributed by atoms with Crippen LogP contribution in [0.3, 0.4) is 0 Å². The van der Waals surface area contributed by atoms with E-state index in [0.717, 1.165) is 0 Å². The van der Waals surface area contributed by atoms with Crippen LogP contribution in [-0.4, -0.2) is 30.3 Å². The van der Waals surface area contributed by atoms with E-state index in [9.17, 15) is 4.79 Å². The van der Waals surface area contributed by atoms with E-state index in [1.807, 2.05) is 0 Å². The molecule has 21 heavy (non-hydrogen) atoms. The lowest BCUT2D eigenvalue weighted by Crippen LogP contribution is -2.04. The van der Waals surface area contributed by atoms with E-state index >= 15 is 0 Å². The third-order valence-electron chi connectivity index (χ3n) is 2.82. The number of carbonyl (C=O) groups is 1. The number of nitrogen functional groups attached to an aromatic ring is 1. The van der Waals surface area contributed by atoms with Gasteiger partial charge in [0.15, 0.2) is 5.82 Å². The molecule has 0 saturated carbocycles. The van der Waals surface area contributed by atoms with Gasteiger partial charge in [-0.05, 0) is 18.2 Å². The van der Waals surface area contributed by atoms with Crippen LogP contribution < -0.4 is 20.5 Å². The van der Waals surface area contributed by atoms with Crippen molar-refractivity contribution in [3.05, 3.63) is 36.0 Å². The Labute approximate surface area is 121 Å². The van der Waals surface area contributed by atoms with Crippen molar-refractivity contribution in [3.8, 4) is 11.5 Å². The molecule has 0 aliphatic carbocycles. The topological polar surface area (TPSA) is 107 Å². The highest BCUT2D eigenvalue weighted by atomic mass is 16.5. The van der Waals surface area contributed by atoms with Crippen LogP contribution in [0, 0.1) is 0 Å². The summed E-state index contributed by atoms with van der Waals surface area (Å²) in [7, 11) is 3.09. The smallest absolute Gasteiger partial charge is 0.337 e. The Morgan fingerprint density at radius 1 is 1.29 bits per heavy atom. The van der Waals surface area contributed by atoms with Gasteiger partial charge in [-0.2, -0.15) is 0 Å².